The Morgan fingerprint density at radius 1 is 0.510 bits per heavy atom. The van der Waals surface area contributed by atoms with Gasteiger partial charge in [-0.1, -0.05) is 176 Å². The van der Waals surface area contributed by atoms with E-state index >= 15 is 0 Å². The maximum Gasteiger partial charge on any atom is 0.0787 e. The Kier molecular flexibility index (Phi) is 6.88. The van der Waals surface area contributed by atoms with Crippen LogP contribution in [0.3, 0.4) is 0 Å². The van der Waals surface area contributed by atoms with Gasteiger partial charge in [0.2, 0.25) is 0 Å². The molecule has 1 spiro atoms. The average Bonchev–Trinajstić information content (AvgIpc) is 3.60. The summed E-state index contributed by atoms with van der Waals surface area (Å²) in [6.07, 6.45) is 0.879. The van der Waals surface area contributed by atoms with Crippen LogP contribution >= 0.6 is 0 Å². The van der Waals surface area contributed by atoms with Crippen LogP contribution in [0.25, 0.3) is 33.2 Å². The van der Waals surface area contributed by atoms with E-state index in [1.165, 1.54) is 66.4 Å². The zero-order valence-electron chi connectivity index (χ0n) is 27.5. The van der Waals surface area contributed by atoms with E-state index in [4.69, 9.17) is 4.99 Å². The molecule has 0 unspecified atom stereocenters. The summed E-state index contributed by atoms with van der Waals surface area (Å²) in [4.78, 5) is 5.43. The summed E-state index contributed by atoms with van der Waals surface area (Å²) >= 11 is 0. The Labute approximate surface area is 288 Å². The molecular formula is C48H35N. The first-order valence-corrected chi connectivity index (χ1v) is 17.0. The van der Waals surface area contributed by atoms with E-state index in [0.29, 0.717) is 0 Å². The summed E-state index contributed by atoms with van der Waals surface area (Å²) in [5, 5.41) is 2.55. The molecule has 1 heteroatoms. The van der Waals surface area contributed by atoms with E-state index in [1.54, 1.807) is 0 Å². The van der Waals surface area contributed by atoms with E-state index < -0.39 is 0 Å². The molecule has 7 aromatic carbocycles. The quantitative estimate of drug-likeness (QED) is 0.163. The summed E-state index contributed by atoms with van der Waals surface area (Å²) < 4.78 is 0. The largest absolute Gasteiger partial charge is 0.248 e. The van der Waals surface area contributed by atoms with Crippen LogP contribution in [0.2, 0.25) is 0 Å². The van der Waals surface area contributed by atoms with Crippen LogP contribution in [0.4, 0.5) is 0 Å². The highest BCUT2D eigenvalue weighted by atomic mass is 14.8. The second kappa shape index (κ2) is 11.6. The molecule has 0 saturated carbocycles. The SMILES string of the molecule is C=C(/N=C(\C1=C(C)C2(c3ccccc31)c1ccccc1-c1ccccc12)c1ccccc1)c1ccc(Cc2ccc3ccccc3c2)cc1. The number of nitrogens with zero attached hydrogens (tertiary/aromatic N) is 1. The van der Waals surface area contributed by atoms with Gasteiger partial charge in [-0.3, -0.25) is 0 Å². The smallest absolute Gasteiger partial charge is 0.0787 e. The Morgan fingerprint density at radius 3 is 1.71 bits per heavy atom. The molecule has 2 aliphatic carbocycles. The molecule has 0 N–H and O–H groups in total. The number of benzene rings is 7. The maximum atomic E-state index is 5.43. The van der Waals surface area contributed by atoms with Gasteiger partial charge >= 0.3 is 0 Å². The number of aliphatic imine (C=N–C) groups is 1. The Hall–Kier alpha value is -6.05. The van der Waals surface area contributed by atoms with Crippen molar-refractivity contribution in [2.75, 3.05) is 0 Å². The summed E-state index contributed by atoms with van der Waals surface area (Å²) in [5.74, 6) is 0. The molecule has 0 fully saturated rings. The lowest BCUT2D eigenvalue weighted by Gasteiger charge is -2.31. The molecule has 0 amide bonds. The van der Waals surface area contributed by atoms with Crippen molar-refractivity contribution in [3.05, 3.63) is 227 Å². The fraction of sp³-hybridized carbons (Fsp3) is 0.0625. The number of hydrogen-bond acceptors (Lipinski definition) is 1. The second-order valence-electron chi connectivity index (χ2n) is 13.2. The van der Waals surface area contributed by atoms with Gasteiger partial charge in [0.15, 0.2) is 0 Å². The zero-order valence-corrected chi connectivity index (χ0v) is 27.5. The molecule has 1 nitrogen and oxygen atoms in total. The van der Waals surface area contributed by atoms with E-state index in [-0.39, 0.29) is 5.41 Å². The third kappa shape index (κ3) is 4.58. The molecular weight excluding hydrogens is 591 g/mol. The van der Waals surface area contributed by atoms with E-state index in [1.807, 2.05) is 0 Å². The monoisotopic (exact) mass is 625 g/mol. The zero-order chi connectivity index (χ0) is 33.0. The number of hydrogen-bond donors (Lipinski definition) is 0. The van der Waals surface area contributed by atoms with Gasteiger partial charge < -0.3 is 0 Å². The van der Waals surface area contributed by atoms with Crippen LogP contribution in [-0.2, 0) is 11.8 Å². The predicted octanol–water partition coefficient (Wildman–Crippen LogP) is 11.7. The maximum absolute atomic E-state index is 5.43. The Balaban J connectivity index is 1.16. The molecule has 0 bridgehead atoms. The standard InChI is InChI=1S/C48H35N/c1-32-46(42-20-10-13-23-45(42)48(32)43-21-11-8-18-40(43)41-19-9-12-22-44(41)48)47(38-15-4-3-5-16-38)49-33(2)36-27-24-34(25-28-36)30-35-26-29-37-14-6-7-17-39(37)31-35/h3-29,31H,2,30H2,1H3/b49-47-. The highest BCUT2D eigenvalue weighted by molar-refractivity contribution is 6.35. The number of allylic oxidation sites excluding steroid dienone is 2. The molecule has 7 aromatic rings. The van der Waals surface area contributed by atoms with Gasteiger partial charge in [-0.2, -0.15) is 0 Å². The van der Waals surface area contributed by atoms with Gasteiger partial charge in [0.25, 0.3) is 0 Å². The molecule has 0 heterocycles. The van der Waals surface area contributed by atoms with E-state index in [0.717, 1.165) is 29.0 Å². The number of rotatable bonds is 6. The summed E-state index contributed by atoms with van der Waals surface area (Å²) in [5.41, 5.74) is 16.3. The summed E-state index contributed by atoms with van der Waals surface area (Å²) in [6, 6.07) is 61.4. The fourth-order valence-electron chi connectivity index (χ4n) is 8.31. The van der Waals surface area contributed by atoms with Gasteiger partial charge in [-0.05, 0) is 79.8 Å². The lowest BCUT2D eigenvalue weighted by atomic mass is 9.70. The van der Waals surface area contributed by atoms with E-state index in [9.17, 15) is 0 Å². The topological polar surface area (TPSA) is 12.4 Å². The minimum atomic E-state index is -0.388. The minimum Gasteiger partial charge on any atom is -0.248 e. The first-order chi connectivity index (χ1) is 24.1. The number of fused-ring (bicyclic) bond motifs is 8. The first kappa shape index (κ1) is 29.1. The lowest BCUT2D eigenvalue weighted by Crippen LogP contribution is -2.26. The fourth-order valence-corrected chi connectivity index (χ4v) is 8.31. The Morgan fingerprint density at radius 2 is 1.04 bits per heavy atom. The van der Waals surface area contributed by atoms with Crippen molar-refractivity contribution in [1.29, 1.82) is 0 Å². The minimum absolute atomic E-state index is 0.388. The van der Waals surface area contributed by atoms with Gasteiger partial charge in [-0.15, -0.1) is 0 Å². The van der Waals surface area contributed by atoms with Crippen LogP contribution in [0.1, 0.15) is 51.4 Å². The first-order valence-electron chi connectivity index (χ1n) is 17.0. The average molecular weight is 626 g/mol. The van der Waals surface area contributed by atoms with E-state index in [2.05, 4.69) is 183 Å². The van der Waals surface area contributed by atoms with Crippen LogP contribution < -0.4 is 0 Å². The van der Waals surface area contributed by atoms with Crippen molar-refractivity contribution in [3.63, 3.8) is 0 Å². The van der Waals surface area contributed by atoms with Gasteiger partial charge in [0.05, 0.1) is 16.8 Å². The molecule has 49 heavy (non-hydrogen) atoms. The highest BCUT2D eigenvalue weighted by Crippen LogP contribution is 2.61. The summed E-state index contributed by atoms with van der Waals surface area (Å²) in [6.45, 7) is 6.86. The van der Waals surface area contributed by atoms with Gasteiger partial charge in [0, 0.05) is 11.1 Å². The molecule has 0 aromatic heterocycles. The van der Waals surface area contributed by atoms with Gasteiger partial charge in [-0.25, -0.2) is 4.99 Å². The van der Waals surface area contributed by atoms with Crippen LogP contribution in [0.5, 0.6) is 0 Å². The predicted molar refractivity (Wildman–Crippen MR) is 206 cm³/mol. The Bertz CT molecular complexity index is 2430. The van der Waals surface area contributed by atoms with Crippen molar-refractivity contribution in [1.82, 2.24) is 0 Å². The third-order valence-corrected chi connectivity index (χ3v) is 10.5. The molecule has 9 rings (SSSR count). The van der Waals surface area contributed by atoms with Crippen molar-refractivity contribution in [2.24, 2.45) is 4.99 Å². The molecule has 0 saturated heterocycles. The molecule has 0 aliphatic heterocycles. The normalized spacial score (nSPS) is 14.2. The third-order valence-electron chi connectivity index (χ3n) is 10.5. The van der Waals surface area contributed by atoms with Crippen molar-refractivity contribution < 1.29 is 0 Å². The molecule has 0 radical (unpaired) electrons. The summed E-state index contributed by atoms with van der Waals surface area (Å²) in [7, 11) is 0. The molecule has 232 valence electrons. The van der Waals surface area contributed by atoms with Crippen LogP contribution in [0.15, 0.2) is 187 Å². The van der Waals surface area contributed by atoms with Crippen molar-refractivity contribution in [2.45, 2.75) is 18.8 Å². The van der Waals surface area contributed by atoms with Crippen LogP contribution in [0, 0.1) is 0 Å². The molecule has 2 aliphatic rings. The lowest BCUT2D eigenvalue weighted by molar-refractivity contribution is 0.767. The van der Waals surface area contributed by atoms with Crippen molar-refractivity contribution in [3.8, 4) is 11.1 Å². The second-order valence-corrected chi connectivity index (χ2v) is 13.2. The molecule has 0 atom stereocenters. The highest BCUT2D eigenvalue weighted by Gasteiger charge is 2.51. The van der Waals surface area contributed by atoms with Crippen LogP contribution in [-0.4, -0.2) is 5.71 Å². The van der Waals surface area contributed by atoms with Crippen molar-refractivity contribution >= 4 is 27.8 Å². The van der Waals surface area contributed by atoms with Gasteiger partial charge in [0.1, 0.15) is 0 Å².